The number of methoxy groups -OCH3 is 2. The molecule has 1 amide bonds. The van der Waals surface area contributed by atoms with Gasteiger partial charge in [-0.05, 0) is 31.2 Å². The predicted octanol–water partition coefficient (Wildman–Crippen LogP) is 3.79. The molecule has 0 aliphatic rings. The van der Waals surface area contributed by atoms with Crippen LogP contribution in [0.1, 0.15) is 11.4 Å². The van der Waals surface area contributed by atoms with Gasteiger partial charge in [0.15, 0.2) is 16.6 Å². The van der Waals surface area contributed by atoms with Gasteiger partial charge in [-0.1, -0.05) is 6.07 Å². The van der Waals surface area contributed by atoms with E-state index in [1.807, 2.05) is 30.5 Å². The summed E-state index contributed by atoms with van der Waals surface area (Å²) < 4.78 is 10.4. The zero-order valence-corrected chi connectivity index (χ0v) is 16.1. The van der Waals surface area contributed by atoms with Crippen molar-refractivity contribution in [3.63, 3.8) is 0 Å². The number of nitrogens with one attached hydrogen (secondary N) is 2. The lowest BCUT2D eigenvalue weighted by molar-refractivity contribution is -0.115. The van der Waals surface area contributed by atoms with E-state index in [0.29, 0.717) is 28.0 Å². The fourth-order valence-electron chi connectivity index (χ4n) is 2.45. The minimum absolute atomic E-state index is 0.159. The van der Waals surface area contributed by atoms with Gasteiger partial charge in [-0.2, -0.15) is 0 Å². The molecule has 140 valence electrons. The van der Waals surface area contributed by atoms with Gasteiger partial charge in [-0.15, -0.1) is 11.3 Å². The van der Waals surface area contributed by atoms with Crippen LogP contribution in [0.2, 0.25) is 0 Å². The Morgan fingerprint density at radius 2 is 1.93 bits per heavy atom. The number of rotatable bonds is 7. The van der Waals surface area contributed by atoms with Crippen molar-refractivity contribution < 1.29 is 14.3 Å². The molecule has 0 spiro atoms. The first-order valence-corrected chi connectivity index (χ1v) is 9.12. The van der Waals surface area contributed by atoms with Gasteiger partial charge in [0, 0.05) is 22.8 Å². The molecule has 3 aromatic rings. The molecule has 3 rings (SSSR count). The van der Waals surface area contributed by atoms with Gasteiger partial charge in [0.05, 0.1) is 26.3 Å². The first-order chi connectivity index (χ1) is 13.1. The SMILES string of the molecule is COc1ccc(NC(=O)Cc2csc(Nc3cccc(C)n3)n2)cc1OC. The molecular weight excluding hydrogens is 364 g/mol. The number of hydrogen-bond acceptors (Lipinski definition) is 7. The van der Waals surface area contributed by atoms with Crippen LogP contribution in [0.3, 0.4) is 0 Å². The van der Waals surface area contributed by atoms with Crippen molar-refractivity contribution in [1.29, 1.82) is 0 Å². The molecule has 0 saturated heterocycles. The van der Waals surface area contributed by atoms with Crippen LogP contribution < -0.4 is 20.1 Å². The number of carbonyl (C=O) groups is 1. The summed E-state index contributed by atoms with van der Waals surface area (Å²) in [4.78, 5) is 21.1. The quantitative estimate of drug-likeness (QED) is 0.645. The first kappa shape index (κ1) is 18.7. The van der Waals surface area contributed by atoms with Crippen molar-refractivity contribution in [3.05, 3.63) is 53.2 Å². The number of aromatic nitrogens is 2. The largest absolute Gasteiger partial charge is 0.493 e. The van der Waals surface area contributed by atoms with E-state index in [4.69, 9.17) is 9.47 Å². The molecule has 7 nitrogen and oxygen atoms in total. The van der Waals surface area contributed by atoms with Gasteiger partial charge in [0.25, 0.3) is 0 Å². The highest BCUT2D eigenvalue weighted by Crippen LogP contribution is 2.29. The number of amides is 1. The smallest absolute Gasteiger partial charge is 0.230 e. The Morgan fingerprint density at radius 3 is 2.67 bits per heavy atom. The first-order valence-electron chi connectivity index (χ1n) is 8.24. The number of anilines is 3. The van der Waals surface area contributed by atoms with Crippen LogP contribution in [0.4, 0.5) is 16.6 Å². The molecule has 8 heteroatoms. The minimum Gasteiger partial charge on any atom is -0.493 e. The number of ether oxygens (including phenoxy) is 2. The van der Waals surface area contributed by atoms with Gasteiger partial charge < -0.3 is 20.1 Å². The molecule has 1 aromatic carbocycles. The third kappa shape index (κ3) is 4.95. The van der Waals surface area contributed by atoms with Crippen molar-refractivity contribution in [2.45, 2.75) is 13.3 Å². The lowest BCUT2D eigenvalue weighted by Crippen LogP contribution is -2.14. The van der Waals surface area contributed by atoms with Crippen LogP contribution in [0.25, 0.3) is 0 Å². The number of hydrogen-bond donors (Lipinski definition) is 2. The molecule has 27 heavy (non-hydrogen) atoms. The zero-order valence-electron chi connectivity index (χ0n) is 15.3. The molecule has 0 unspecified atom stereocenters. The third-order valence-electron chi connectivity index (χ3n) is 3.68. The average Bonchev–Trinajstić information content (AvgIpc) is 3.08. The Labute approximate surface area is 161 Å². The van der Waals surface area contributed by atoms with Crippen LogP contribution in [-0.2, 0) is 11.2 Å². The van der Waals surface area contributed by atoms with Crippen LogP contribution in [0, 0.1) is 6.92 Å². The lowest BCUT2D eigenvalue weighted by Gasteiger charge is -2.10. The Morgan fingerprint density at radius 1 is 1.11 bits per heavy atom. The second kappa shape index (κ2) is 8.50. The van der Waals surface area contributed by atoms with Crippen LogP contribution in [-0.4, -0.2) is 30.1 Å². The van der Waals surface area contributed by atoms with Crippen LogP contribution in [0.15, 0.2) is 41.8 Å². The van der Waals surface area contributed by atoms with Crippen molar-refractivity contribution in [2.24, 2.45) is 0 Å². The standard InChI is InChI=1S/C19H20N4O3S/c1-12-5-4-6-17(20-12)23-19-22-14(11-27-19)10-18(24)21-13-7-8-15(25-2)16(9-13)26-3/h4-9,11H,10H2,1-3H3,(H,21,24)(H,20,22,23). The lowest BCUT2D eigenvalue weighted by atomic mass is 10.2. The summed E-state index contributed by atoms with van der Waals surface area (Å²) in [7, 11) is 3.12. The molecule has 2 N–H and O–H groups in total. The molecule has 2 heterocycles. The van der Waals surface area contributed by atoms with Gasteiger partial charge in [0.1, 0.15) is 5.82 Å². The minimum atomic E-state index is -0.159. The van der Waals surface area contributed by atoms with E-state index in [2.05, 4.69) is 20.6 Å². The molecule has 0 saturated carbocycles. The normalized spacial score (nSPS) is 10.3. The summed E-state index contributed by atoms with van der Waals surface area (Å²) in [5, 5.41) is 8.54. The average molecular weight is 384 g/mol. The highest BCUT2D eigenvalue weighted by Gasteiger charge is 2.11. The second-order valence-corrected chi connectivity index (χ2v) is 6.59. The van der Waals surface area contributed by atoms with E-state index in [-0.39, 0.29) is 12.3 Å². The van der Waals surface area contributed by atoms with Crippen LogP contribution in [0.5, 0.6) is 11.5 Å². The maximum absolute atomic E-state index is 12.3. The number of nitrogens with zero attached hydrogens (tertiary/aromatic N) is 2. The zero-order chi connectivity index (χ0) is 19.2. The topological polar surface area (TPSA) is 85.4 Å². The summed E-state index contributed by atoms with van der Waals surface area (Å²) in [6.45, 7) is 1.93. The van der Waals surface area contributed by atoms with E-state index in [9.17, 15) is 4.79 Å². The molecule has 0 bridgehead atoms. The molecule has 0 aliphatic heterocycles. The Balaban J connectivity index is 1.61. The highest BCUT2D eigenvalue weighted by molar-refractivity contribution is 7.13. The number of pyridine rings is 1. The fourth-order valence-corrected chi connectivity index (χ4v) is 3.17. The Kier molecular flexibility index (Phi) is 5.87. The van der Waals surface area contributed by atoms with Crippen molar-refractivity contribution in [2.75, 3.05) is 24.9 Å². The molecule has 0 radical (unpaired) electrons. The van der Waals surface area contributed by atoms with Crippen molar-refractivity contribution >= 4 is 33.9 Å². The molecular formula is C19H20N4O3S. The van der Waals surface area contributed by atoms with Crippen LogP contribution >= 0.6 is 11.3 Å². The Hall–Kier alpha value is -3.13. The predicted molar refractivity (Wildman–Crippen MR) is 106 cm³/mol. The van der Waals surface area contributed by atoms with Gasteiger partial charge in [0.2, 0.25) is 5.91 Å². The number of aryl methyl sites for hydroxylation is 1. The number of thiazole rings is 1. The summed E-state index contributed by atoms with van der Waals surface area (Å²) in [6.07, 6.45) is 0.174. The summed E-state index contributed by atoms with van der Waals surface area (Å²) in [5.74, 6) is 1.73. The number of carbonyl (C=O) groups excluding carboxylic acids is 1. The summed E-state index contributed by atoms with van der Waals surface area (Å²) in [5.41, 5.74) is 2.24. The third-order valence-corrected chi connectivity index (χ3v) is 4.49. The maximum atomic E-state index is 12.3. The van der Waals surface area contributed by atoms with Crippen molar-refractivity contribution in [3.8, 4) is 11.5 Å². The highest BCUT2D eigenvalue weighted by atomic mass is 32.1. The Bertz CT molecular complexity index is 942. The van der Waals surface area contributed by atoms with E-state index in [0.717, 1.165) is 11.5 Å². The molecule has 0 atom stereocenters. The van der Waals surface area contributed by atoms with E-state index >= 15 is 0 Å². The summed E-state index contributed by atoms with van der Waals surface area (Å²) >= 11 is 1.43. The van der Waals surface area contributed by atoms with Gasteiger partial charge in [-0.3, -0.25) is 4.79 Å². The van der Waals surface area contributed by atoms with E-state index in [1.165, 1.54) is 11.3 Å². The van der Waals surface area contributed by atoms with Crippen molar-refractivity contribution in [1.82, 2.24) is 9.97 Å². The van der Waals surface area contributed by atoms with Gasteiger partial charge in [-0.25, -0.2) is 9.97 Å². The summed E-state index contributed by atoms with van der Waals surface area (Å²) in [6, 6.07) is 10.9. The fraction of sp³-hybridized carbons (Fsp3) is 0.211. The van der Waals surface area contributed by atoms with E-state index < -0.39 is 0 Å². The molecule has 2 aromatic heterocycles. The second-order valence-electron chi connectivity index (χ2n) is 5.73. The van der Waals surface area contributed by atoms with E-state index in [1.54, 1.807) is 32.4 Å². The molecule has 0 aliphatic carbocycles. The monoisotopic (exact) mass is 384 g/mol. The number of benzene rings is 1. The maximum Gasteiger partial charge on any atom is 0.230 e. The van der Waals surface area contributed by atoms with Gasteiger partial charge >= 0.3 is 0 Å². The molecule has 0 fully saturated rings.